The second-order valence-electron chi connectivity index (χ2n) is 4.80. The smallest absolute Gasteiger partial charge is 0.243 e. The van der Waals surface area contributed by atoms with Crippen molar-refractivity contribution in [2.75, 3.05) is 0 Å². The summed E-state index contributed by atoms with van der Waals surface area (Å²) in [7, 11) is 0. The first-order chi connectivity index (χ1) is 6.43. The fourth-order valence-electron chi connectivity index (χ4n) is 1.70. The molecule has 14 heavy (non-hydrogen) atoms. The maximum Gasteiger partial charge on any atom is 0.243 e. The predicted molar refractivity (Wildman–Crippen MR) is 58.9 cm³/mol. The summed E-state index contributed by atoms with van der Waals surface area (Å²) >= 11 is 0. The van der Waals surface area contributed by atoms with Gasteiger partial charge in [-0.05, 0) is 24.3 Å². The Morgan fingerprint density at radius 1 is 1.64 bits per heavy atom. The van der Waals surface area contributed by atoms with E-state index in [2.05, 4.69) is 38.7 Å². The van der Waals surface area contributed by atoms with Crippen molar-refractivity contribution >= 4 is 5.91 Å². The normalized spacial score (nSPS) is 21.6. The van der Waals surface area contributed by atoms with Gasteiger partial charge in [0.2, 0.25) is 5.91 Å². The molecule has 1 N–H and O–H groups in total. The maximum absolute atomic E-state index is 11.1. The van der Waals surface area contributed by atoms with E-state index in [1.807, 2.05) is 0 Å². The fraction of sp³-hybridized carbons (Fsp3) is 0.583. The van der Waals surface area contributed by atoms with Gasteiger partial charge in [-0.15, -0.1) is 0 Å². The van der Waals surface area contributed by atoms with Crippen LogP contribution in [0.15, 0.2) is 24.3 Å². The second-order valence-corrected chi connectivity index (χ2v) is 4.80. The summed E-state index contributed by atoms with van der Waals surface area (Å²) in [5.74, 6) is -0.0820. The van der Waals surface area contributed by atoms with E-state index in [0.717, 1.165) is 12.8 Å². The Kier molecular flexibility index (Phi) is 3.14. The van der Waals surface area contributed by atoms with Crippen molar-refractivity contribution in [1.82, 2.24) is 5.32 Å². The van der Waals surface area contributed by atoms with Gasteiger partial charge in [-0.25, -0.2) is 0 Å². The molecule has 0 aromatic heterocycles. The lowest BCUT2D eigenvalue weighted by Gasteiger charge is -2.19. The minimum atomic E-state index is -0.0820. The van der Waals surface area contributed by atoms with Crippen LogP contribution in [0, 0.1) is 5.41 Å². The van der Waals surface area contributed by atoms with E-state index in [4.69, 9.17) is 0 Å². The third-order valence-electron chi connectivity index (χ3n) is 2.60. The van der Waals surface area contributed by atoms with Gasteiger partial charge in [0.15, 0.2) is 0 Å². The third-order valence-corrected chi connectivity index (χ3v) is 2.60. The second kappa shape index (κ2) is 3.99. The predicted octanol–water partition coefficient (Wildman–Crippen LogP) is 2.42. The molecule has 0 bridgehead atoms. The van der Waals surface area contributed by atoms with Gasteiger partial charge >= 0.3 is 0 Å². The van der Waals surface area contributed by atoms with Gasteiger partial charge in [0, 0.05) is 6.04 Å². The van der Waals surface area contributed by atoms with Crippen LogP contribution in [0.25, 0.3) is 0 Å². The summed E-state index contributed by atoms with van der Waals surface area (Å²) in [5.41, 5.74) is 1.67. The van der Waals surface area contributed by atoms with Gasteiger partial charge in [-0.1, -0.05) is 39.0 Å². The number of allylic oxidation sites excluding steroid dienone is 1. The number of carbonyl (C=O) groups excluding carboxylic acids is 1. The summed E-state index contributed by atoms with van der Waals surface area (Å²) < 4.78 is 0. The Bertz CT molecular complexity index is 271. The maximum atomic E-state index is 11.1. The van der Waals surface area contributed by atoms with Crippen LogP contribution in [0.3, 0.4) is 0 Å². The summed E-state index contributed by atoms with van der Waals surface area (Å²) in [6.07, 6.45) is 5.61. The number of amides is 1. The quantitative estimate of drug-likeness (QED) is 0.529. The van der Waals surface area contributed by atoms with E-state index in [-0.39, 0.29) is 17.4 Å². The standard InChI is InChI=1S/C12H19NO/c1-5-11(14)13-10-7-6-9(8-10)12(2,3)4/h5,8,10H,1,6-7H2,2-4H3,(H,13,14). The summed E-state index contributed by atoms with van der Waals surface area (Å²) in [6, 6.07) is 0.203. The lowest BCUT2D eigenvalue weighted by molar-refractivity contribution is -0.116. The molecule has 0 aromatic carbocycles. The fourth-order valence-corrected chi connectivity index (χ4v) is 1.70. The van der Waals surface area contributed by atoms with E-state index >= 15 is 0 Å². The van der Waals surface area contributed by atoms with Gasteiger partial charge in [0.25, 0.3) is 0 Å². The van der Waals surface area contributed by atoms with Crippen LogP contribution in [0.2, 0.25) is 0 Å². The highest BCUT2D eigenvalue weighted by Gasteiger charge is 2.24. The first-order valence-electron chi connectivity index (χ1n) is 5.07. The molecule has 2 nitrogen and oxygen atoms in total. The Labute approximate surface area is 86.1 Å². The molecule has 0 fully saturated rings. The number of carbonyl (C=O) groups is 1. The van der Waals surface area contributed by atoms with Gasteiger partial charge < -0.3 is 5.32 Å². The molecule has 0 aliphatic heterocycles. The lowest BCUT2D eigenvalue weighted by atomic mass is 9.86. The Balaban J connectivity index is 2.58. The average Bonchev–Trinajstić information content (AvgIpc) is 2.51. The van der Waals surface area contributed by atoms with Crippen molar-refractivity contribution in [3.05, 3.63) is 24.3 Å². The number of rotatable bonds is 2. The Morgan fingerprint density at radius 2 is 2.29 bits per heavy atom. The zero-order chi connectivity index (χ0) is 10.8. The molecule has 1 amide bonds. The minimum Gasteiger partial charge on any atom is -0.346 e. The van der Waals surface area contributed by atoms with E-state index in [1.165, 1.54) is 11.6 Å². The van der Waals surface area contributed by atoms with Crippen molar-refractivity contribution in [1.29, 1.82) is 0 Å². The van der Waals surface area contributed by atoms with Crippen LogP contribution >= 0.6 is 0 Å². The van der Waals surface area contributed by atoms with Crippen LogP contribution in [0.5, 0.6) is 0 Å². The molecule has 0 spiro atoms. The van der Waals surface area contributed by atoms with Crippen molar-refractivity contribution in [2.45, 2.75) is 39.7 Å². The molecule has 0 saturated carbocycles. The Morgan fingerprint density at radius 3 is 2.71 bits per heavy atom. The van der Waals surface area contributed by atoms with Crippen molar-refractivity contribution in [3.63, 3.8) is 0 Å². The van der Waals surface area contributed by atoms with Crippen LogP contribution in [0.4, 0.5) is 0 Å². The molecule has 1 aliphatic carbocycles. The van der Waals surface area contributed by atoms with E-state index < -0.39 is 0 Å². The van der Waals surface area contributed by atoms with E-state index in [0.29, 0.717) is 0 Å². The lowest BCUT2D eigenvalue weighted by Crippen LogP contribution is -2.30. The highest BCUT2D eigenvalue weighted by Crippen LogP contribution is 2.33. The Hall–Kier alpha value is -1.05. The van der Waals surface area contributed by atoms with Crippen LogP contribution < -0.4 is 5.32 Å². The van der Waals surface area contributed by atoms with Crippen LogP contribution in [-0.2, 0) is 4.79 Å². The van der Waals surface area contributed by atoms with Crippen molar-refractivity contribution < 1.29 is 4.79 Å². The van der Waals surface area contributed by atoms with Gasteiger partial charge in [0.05, 0.1) is 0 Å². The van der Waals surface area contributed by atoms with Gasteiger partial charge in [0.1, 0.15) is 0 Å². The zero-order valence-corrected chi connectivity index (χ0v) is 9.26. The highest BCUT2D eigenvalue weighted by molar-refractivity contribution is 5.87. The molecule has 1 unspecified atom stereocenters. The molecular formula is C12H19NO. The number of nitrogens with one attached hydrogen (secondary N) is 1. The largest absolute Gasteiger partial charge is 0.346 e. The number of hydrogen-bond acceptors (Lipinski definition) is 1. The topological polar surface area (TPSA) is 29.1 Å². The van der Waals surface area contributed by atoms with Gasteiger partial charge in [-0.3, -0.25) is 4.79 Å². The van der Waals surface area contributed by atoms with E-state index in [9.17, 15) is 4.79 Å². The molecule has 0 radical (unpaired) electrons. The van der Waals surface area contributed by atoms with E-state index in [1.54, 1.807) is 0 Å². The summed E-state index contributed by atoms with van der Waals surface area (Å²) in [4.78, 5) is 11.1. The molecule has 0 heterocycles. The van der Waals surface area contributed by atoms with Crippen LogP contribution in [-0.4, -0.2) is 11.9 Å². The van der Waals surface area contributed by atoms with Gasteiger partial charge in [-0.2, -0.15) is 0 Å². The third kappa shape index (κ3) is 2.72. The molecule has 0 aromatic rings. The molecule has 1 rings (SSSR count). The molecule has 1 atom stereocenters. The molecular weight excluding hydrogens is 174 g/mol. The molecule has 78 valence electrons. The van der Waals surface area contributed by atoms with Crippen molar-refractivity contribution in [2.24, 2.45) is 5.41 Å². The zero-order valence-electron chi connectivity index (χ0n) is 9.26. The molecule has 0 saturated heterocycles. The highest BCUT2D eigenvalue weighted by atomic mass is 16.1. The number of hydrogen-bond donors (Lipinski definition) is 1. The minimum absolute atomic E-state index is 0.0820. The molecule has 2 heteroatoms. The van der Waals surface area contributed by atoms with Crippen LogP contribution in [0.1, 0.15) is 33.6 Å². The summed E-state index contributed by atoms with van der Waals surface area (Å²) in [5, 5.41) is 2.90. The molecule has 1 aliphatic rings. The monoisotopic (exact) mass is 193 g/mol. The van der Waals surface area contributed by atoms with Crippen molar-refractivity contribution in [3.8, 4) is 0 Å². The first kappa shape index (κ1) is 11.0. The SMILES string of the molecule is C=CC(=O)NC1C=C(C(C)(C)C)CC1. The first-order valence-corrected chi connectivity index (χ1v) is 5.07. The summed E-state index contributed by atoms with van der Waals surface area (Å²) in [6.45, 7) is 10.1. The average molecular weight is 193 g/mol.